The highest BCUT2D eigenvalue weighted by molar-refractivity contribution is 5.95. The van der Waals surface area contributed by atoms with Gasteiger partial charge >= 0.3 is 12.1 Å². The molecule has 0 bridgehead atoms. The first-order chi connectivity index (χ1) is 29.9. The molecular weight excluding hydrogens is 820 g/mol. The fourth-order valence-electron chi connectivity index (χ4n) is 7.58. The van der Waals surface area contributed by atoms with E-state index in [0.29, 0.717) is 54.8 Å². The minimum absolute atomic E-state index is 0.0267. The van der Waals surface area contributed by atoms with Crippen molar-refractivity contribution in [1.82, 2.24) is 19.9 Å². The van der Waals surface area contributed by atoms with E-state index >= 15 is 0 Å². The summed E-state index contributed by atoms with van der Waals surface area (Å²) in [6, 6.07) is 3.10. The van der Waals surface area contributed by atoms with Crippen LogP contribution in [0.1, 0.15) is 38.5 Å². The highest BCUT2D eigenvalue weighted by Gasteiger charge is 2.48. The van der Waals surface area contributed by atoms with Gasteiger partial charge in [-0.3, -0.25) is 15.0 Å². The second-order valence-corrected chi connectivity index (χ2v) is 15.1. The normalized spacial score (nSPS) is 21.7. The number of piperidine rings is 2. The van der Waals surface area contributed by atoms with Gasteiger partial charge in [0.2, 0.25) is 18.2 Å². The van der Waals surface area contributed by atoms with Gasteiger partial charge in [0.15, 0.2) is 17.7 Å². The summed E-state index contributed by atoms with van der Waals surface area (Å²) in [5.74, 6) is -0.315. The monoisotopic (exact) mass is 874 g/mol. The Morgan fingerprint density at radius 1 is 0.790 bits per heavy atom. The summed E-state index contributed by atoms with van der Waals surface area (Å²) in [5.41, 5.74) is 0.252. The zero-order chi connectivity index (χ0) is 44.5. The number of hydrogen-bond donors (Lipinski definition) is 7. The SMILES string of the molecule is CN(C(=O)OCCN(CCO)c1nc(N2CCCCC2)c2nc(N(CCO)CCO)nc(N3CCCCC3)c2n1)c1cc([N+](=O)[O-])ccc1OC1OC(C(=O)O)C(O)[C@H](O)C1O. The summed E-state index contributed by atoms with van der Waals surface area (Å²) in [5, 5.41) is 82.0. The van der Waals surface area contributed by atoms with E-state index in [2.05, 4.69) is 9.80 Å². The van der Waals surface area contributed by atoms with Crippen molar-refractivity contribution in [2.75, 3.05) is 110 Å². The molecule has 3 aliphatic rings. The van der Waals surface area contributed by atoms with Gasteiger partial charge in [-0.15, -0.1) is 0 Å². The molecule has 62 heavy (non-hydrogen) atoms. The number of carbonyl (C=O) groups excluding carboxylic acids is 1. The van der Waals surface area contributed by atoms with E-state index in [-0.39, 0.29) is 70.0 Å². The number of aliphatic carboxylic acids is 1. The number of rotatable bonds is 18. The number of hydrogen-bond acceptors (Lipinski definition) is 21. The summed E-state index contributed by atoms with van der Waals surface area (Å²) in [6.07, 6.45) is -5.03. The number of aliphatic hydroxyl groups excluding tert-OH is 6. The maximum absolute atomic E-state index is 13.6. The van der Waals surface area contributed by atoms with E-state index < -0.39 is 53.4 Å². The highest BCUT2D eigenvalue weighted by Crippen LogP contribution is 2.37. The van der Waals surface area contributed by atoms with Crippen LogP contribution < -0.4 is 29.2 Å². The molecule has 0 spiro atoms. The molecule has 1 amide bonds. The summed E-state index contributed by atoms with van der Waals surface area (Å²) >= 11 is 0. The van der Waals surface area contributed by atoms with Gasteiger partial charge < -0.3 is 69.6 Å². The Kier molecular flexibility index (Phi) is 15.6. The van der Waals surface area contributed by atoms with Crippen LogP contribution >= 0.6 is 0 Å². The third-order valence-electron chi connectivity index (χ3n) is 10.9. The number of amides is 1. The third kappa shape index (κ3) is 10.4. The Morgan fingerprint density at radius 3 is 1.79 bits per heavy atom. The Hall–Kier alpha value is -5.50. The number of benzene rings is 1. The van der Waals surface area contributed by atoms with Gasteiger partial charge in [0.05, 0.1) is 37.0 Å². The Labute approximate surface area is 355 Å². The van der Waals surface area contributed by atoms with Crippen molar-refractivity contribution < 1.29 is 64.5 Å². The maximum Gasteiger partial charge on any atom is 0.414 e. The number of carbonyl (C=O) groups is 2. The minimum atomic E-state index is -2.00. The zero-order valence-corrected chi connectivity index (χ0v) is 34.3. The predicted molar refractivity (Wildman–Crippen MR) is 221 cm³/mol. The largest absolute Gasteiger partial charge is 0.479 e. The molecule has 3 aliphatic heterocycles. The van der Waals surface area contributed by atoms with E-state index in [9.17, 15) is 55.4 Å². The Bertz CT molecular complexity index is 2020. The molecule has 3 aromatic rings. The lowest BCUT2D eigenvalue weighted by atomic mass is 9.99. The van der Waals surface area contributed by atoms with Crippen LogP contribution in [-0.4, -0.2) is 189 Å². The molecule has 3 saturated heterocycles. The summed E-state index contributed by atoms with van der Waals surface area (Å²) in [4.78, 5) is 64.6. The maximum atomic E-state index is 13.6. The number of nitro benzene ring substituents is 1. The van der Waals surface area contributed by atoms with Crippen molar-refractivity contribution >= 4 is 58.0 Å². The summed E-state index contributed by atoms with van der Waals surface area (Å²) in [7, 11) is 1.23. The first-order valence-electron chi connectivity index (χ1n) is 20.6. The molecule has 340 valence electrons. The number of aliphatic hydroxyl groups is 6. The molecule has 0 radical (unpaired) electrons. The van der Waals surface area contributed by atoms with E-state index in [0.717, 1.165) is 61.6 Å². The van der Waals surface area contributed by atoms with Crippen LogP contribution in [0.25, 0.3) is 11.0 Å². The Morgan fingerprint density at radius 2 is 1.31 bits per heavy atom. The quantitative estimate of drug-likeness (QED) is 0.0622. The van der Waals surface area contributed by atoms with Crippen molar-refractivity contribution in [3.63, 3.8) is 0 Å². The molecule has 0 saturated carbocycles. The van der Waals surface area contributed by atoms with Crippen molar-refractivity contribution in [1.29, 1.82) is 0 Å². The van der Waals surface area contributed by atoms with Gasteiger partial charge in [0.1, 0.15) is 41.7 Å². The molecule has 1 aromatic carbocycles. The second-order valence-electron chi connectivity index (χ2n) is 15.1. The van der Waals surface area contributed by atoms with Gasteiger partial charge in [-0.1, -0.05) is 0 Å². The van der Waals surface area contributed by atoms with Gasteiger partial charge in [-0.25, -0.2) is 19.6 Å². The van der Waals surface area contributed by atoms with Crippen LogP contribution in [0.3, 0.4) is 0 Å². The first kappa shape index (κ1) is 46.0. The molecule has 24 nitrogen and oxygen atoms in total. The predicted octanol–water partition coefficient (Wildman–Crippen LogP) is -0.558. The number of fused-ring (bicyclic) bond motifs is 1. The molecule has 2 aromatic heterocycles. The molecule has 6 rings (SSSR count). The smallest absolute Gasteiger partial charge is 0.414 e. The number of nitrogens with zero attached hydrogens (tertiary/aromatic N) is 10. The van der Waals surface area contributed by atoms with Crippen LogP contribution in [-0.2, 0) is 14.3 Å². The topological polar surface area (TPSA) is 314 Å². The standard InChI is InChI=1S/C38H54N10O14/c1-43(24-22-23(48(58)59)8-9-25(24)61-35-30(54)28(52)29(53)31(62-35)34(55)56)38(57)60-21-17-47(16-20-51)37-40-27-26(33(42-37)45-12-6-3-7-13-45)39-36(46(14-18-49)15-19-50)41-32(27)44-10-4-2-5-11-44/h8-9,22,28-31,35,49-54H,2-7,10-21H2,1H3,(H,55,56)/t28-,29?,30?,31?,35?/m0/s1. The van der Waals surface area contributed by atoms with Gasteiger partial charge in [0, 0.05) is 65.0 Å². The van der Waals surface area contributed by atoms with Crippen molar-refractivity contribution in [2.24, 2.45) is 0 Å². The van der Waals surface area contributed by atoms with Crippen molar-refractivity contribution in [3.05, 3.63) is 28.3 Å². The number of nitro groups is 1. The lowest BCUT2D eigenvalue weighted by Crippen LogP contribution is -2.61. The van der Waals surface area contributed by atoms with Crippen LogP contribution in [0.15, 0.2) is 18.2 Å². The molecular formula is C38H54N10O14. The van der Waals surface area contributed by atoms with E-state index in [4.69, 9.17) is 34.1 Å². The first-order valence-corrected chi connectivity index (χ1v) is 20.6. The molecule has 7 N–H and O–H groups in total. The molecule has 24 heteroatoms. The molecule has 0 aliphatic carbocycles. The van der Waals surface area contributed by atoms with Crippen molar-refractivity contribution in [3.8, 4) is 5.75 Å². The zero-order valence-electron chi connectivity index (χ0n) is 34.3. The average molecular weight is 875 g/mol. The number of aromatic nitrogens is 4. The number of carboxylic acids is 1. The van der Waals surface area contributed by atoms with E-state index in [1.165, 1.54) is 7.05 Å². The molecule has 4 unspecified atom stereocenters. The third-order valence-corrected chi connectivity index (χ3v) is 10.9. The minimum Gasteiger partial charge on any atom is -0.479 e. The molecule has 5 heterocycles. The number of carboxylic acid groups (broad SMARTS) is 1. The summed E-state index contributed by atoms with van der Waals surface area (Å²) < 4.78 is 16.5. The van der Waals surface area contributed by atoms with Gasteiger partial charge in [0.25, 0.3) is 5.69 Å². The van der Waals surface area contributed by atoms with Crippen LogP contribution in [0.5, 0.6) is 5.75 Å². The fraction of sp³-hybridized carbons (Fsp3) is 0.632. The average Bonchev–Trinajstić information content (AvgIpc) is 3.28. The fourth-order valence-corrected chi connectivity index (χ4v) is 7.58. The van der Waals surface area contributed by atoms with Gasteiger partial charge in [-0.05, 0) is 44.6 Å². The number of anilines is 5. The lowest BCUT2D eigenvalue weighted by molar-refractivity contribution is -0.384. The van der Waals surface area contributed by atoms with Crippen LogP contribution in [0.2, 0.25) is 0 Å². The number of non-ortho nitro benzene ring substituents is 1. The van der Waals surface area contributed by atoms with E-state index in [1.54, 1.807) is 9.80 Å². The van der Waals surface area contributed by atoms with Crippen LogP contribution in [0, 0.1) is 10.1 Å². The van der Waals surface area contributed by atoms with Crippen molar-refractivity contribution in [2.45, 2.75) is 69.2 Å². The van der Waals surface area contributed by atoms with E-state index in [1.807, 2.05) is 0 Å². The Balaban J connectivity index is 1.29. The second kappa shape index (κ2) is 21.0. The molecule has 3 fully saturated rings. The molecule has 5 atom stereocenters. The van der Waals surface area contributed by atoms with Gasteiger partial charge in [-0.2, -0.15) is 9.97 Å². The summed E-state index contributed by atoms with van der Waals surface area (Å²) in [6.45, 7) is 2.23. The van der Waals surface area contributed by atoms with Crippen LogP contribution in [0.4, 0.5) is 39.7 Å². The number of ether oxygens (including phenoxy) is 3. The lowest BCUT2D eigenvalue weighted by Gasteiger charge is -2.38. The highest BCUT2D eigenvalue weighted by atomic mass is 16.7.